The summed E-state index contributed by atoms with van der Waals surface area (Å²) < 4.78 is 0. The number of benzene rings is 1. The summed E-state index contributed by atoms with van der Waals surface area (Å²) in [5.41, 5.74) is 2.68. The van der Waals surface area contributed by atoms with Crippen molar-refractivity contribution >= 4 is 12.0 Å². The van der Waals surface area contributed by atoms with Crippen molar-refractivity contribution in [3.05, 3.63) is 87.4 Å². The smallest absolute Gasteiger partial charge is 0.321 e. The lowest BCUT2D eigenvalue weighted by Gasteiger charge is -2.27. The van der Waals surface area contributed by atoms with Gasteiger partial charge in [-0.05, 0) is 43.7 Å². The van der Waals surface area contributed by atoms with Gasteiger partial charge in [-0.3, -0.25) is 14.6 Å². The Morgan fingerprint density at radius 1 is 1.11 bits per heavy atom. The van der Waals surface area contributed by atoms with E-state index in [9.17, 15) is 19.5 Å². The minimum Gasteiger partial charge on any atom is -0.502 e. The van der Waals surface area contributed by atoms with Gasteiger partial charge in [-0.1, -0.05) is 24.0 Å². The van der Waals surface area contributed by atoms with E-state index < -0.39 is 17.3 Å². The molecule has 0 spiro atoms. The van der Waals surface area contributed by atoms with E-state index >= 15 is 0 Å². The maximum absolute atomic E-state index is 13.2. The average Bonchev–Trinajstić information content (AvgIpc) is 3.21. The van der Waals surface area contributed by atoms with Crippen molar-refractivity contribution in [1.82, 2.24) is 24.8 Å². The lowest BCUT2D eigenvalue weighted by atomic mass is 10.0. The Kier molecular flexibility index (Phi) is 7.53. The number of nitrogens with zero attached hydrogens (tertiary/aromatic N) is 4. The first-order chi connectivity index (χ1) is 17.7. The molecule has 10 nitrogen and oxygen atoms in total. The molecule has 1 atom stereocenters. The number of amides is 2. The van der Waals surface area contributed by atoms with Crippen LogP contribution < -0.4 is 5.56 Å². The van der Waals surface area contributed by atoms with E-state index in [0.29, 0.717) is 18.7 Å². The molecule has 1 fully saturated rings. The number of aliphatic carboxylic acids is 1. The molecular formula is C27H27N5O5. The minimum atomic E-state index is -0.857. The van der Waals surface area contributed by atoms with Crippen molar-refractivity contribution in [1.29, 1.82) is 0 Å². The zero-order valence-electron chi connectivity index (χ0n) is 20.5. The van der Waals surface area contributed by atoms with Crippen LogP contribution >= 0.6 is 0 Å². The summed E-state index contributed by atoms with van der Waals surface area (Å²) in [4.78, 5) is 49.5. The molecule has 1 unspecified atom stereocenters. The van der Waals surface area contributed by atoms with Crippen molar-refractivity contribution < 1.29 is 19.8 Å². The maximum atomic E-state index is 13.2. The van der Waals surface area contributed by atoms with Gasteiger partial charge in [-0.25, -0.2) is 9.78 Å². The maximum Gasteiger partial charge on any atom is 0.321 e. The Morgan fingerprint density at radius 3 is 2.46 bits per heavy atom. The number of H-pyrrole nitrogens is 1. The molecule has 1 aromatic carbocycles. The molecule has 3 aromatic rings. The summed E-state index contributed by atoms with van der Waals surface area (Å²) in [5, 5.41) is 18.8. The second-order valence-corrected chi connectivity index (χ2v) is 9.01. The fourth-order valence-corrected chi connectivity index (χ4v) is 4.19. The number of carboxylic acid groups (broad SMARTS) is 1. The first-order valence-electron chi connectivity index (χ1n) is 11.8. The molecule has 2 amide bonds. The molecule has 10 heteroatoms. The summed E-state index contributed by atoms with van der Waals surface area (Å²) >= 11 is 0. The molecule has 1 aliphatic rings. The van der Waals surface area contributed by atoms with E-state index in [1.807, 2.05) is 44.2 Å². The number of rotatable bonds is 7. The highest BCUT2D eigenvalue weighted by Crippen LogP contribution is 2.33. The van der Waals surface area contributed by atoms with Gasteiger partial charge in [0, 0.05) is 42.0 Å². The Labute approximate surface area is 213 Å². The van der Waals surface area contributed by atoms with E-state index in [0.717, 1.165) is 16.7 Å². The number of aromatic nitrogens is 3. The molecule has 0 radical (unpaired) electrons. The average molecular weight is 502 g/mol. The molecular weight excluding hydrogens is 474 g/mol. The van der Waals surface area contributed by atoms with Gasteiger partial charge in [0.15, 0.2) is 0 Å². The van der Waals surface area contributed by atoms with Crippen LogP contribution in [-0.2, 0) is 17.8 Å². The van der Waals surface area contributed by atoms with Crippen molar-refractivity contribution in [3.63, 3.8) is 0 Å². The second-order valence-electron chi connectivity index (χ2n) is 9.01. The van der Waals surface area contributed by atoms with Crippen LogP contribution in [0.15, 0.2) is 53.7 Å². The first kappa shape index (κ1) is 25.4. The number of aryl methyl sites for hydroxylation is 1. The van der Waals surface area contributed by atoms with Crippen LogP contribution in [0.1, 0.15) is 54.4 Å². The Morgan fingerprint density at radius 2 is 1.81 bits per heavy atom. The van der Waals surface area contributed by atoms with E-state index in [4.69, 9.17) is 5.11 Å². The summed E-state index contributed by atoms with van der Waals surface area (Å²) in [6, 6.07) is 10.8. The Bertz CT molecular complexity index is 1400. The summed E-state index contributed by atoms with van der Waals surface area (Å²) in [6.45, 7) is 4.30. The van der Waals surface area contributed by atoms with E-state index in [1.165, 1.54) is 6.33 Å². The SMILES string of the molecule is CC(C)N1C(=O)N(Cc2nc[nH]c(=O)c2O)CC1c1ccc(C#Cc2ccc(CCC(=O)O)nc2)cc1. The third-order valence-corrected chi connectivity index (χ3v) is 6.09. The number of carboxylic acids is 1. The van der Waals surface area contributed by atoms with Gasteiger partial charge in [0.2, 0.25) is 5.75 Å². The molecule has 0 bridgehead atoms. The summed E-state index contributed by atoms with van der Waals surface area (Å²) in [5.74, 6) is 4.82. The minimum absolute atomic E-state index is 0.0288. The van der Waals surface area contributed by atoms with Crippen molar-refractivity contribution in [3.8, 4) is 17.6 Å². The second kappa shape index (κ2) is 11.0. The quantitative estimate of drug-likeness (QED) is 0.423. The lowest BCUT2D eigenvalue weighted by Crippen LogP contribution is -2.37. The fraction of sp³-hybridized carbons (Fsp3) is 0.296. The number of urea groups is 1. The van der Waals surface area contributed by atoms with Gasteiger partial charge in [-0.2, -0.15) is 0 Å². The first-order valence-corrected chi connectivity index (χ1v) is 11.8. The zero-order valence-corrected chi connectivity index (χ0v) is 20.5. The van der Waals surface area contributed by atoms with Gasteiger partial charge in [0.1, 0.15) is 5.69 Å². The number of aromatic amines is 1. The normalized spacial score (nSPS) is 15.1. The predicted molar refractivity (Wildman–Crippen MR) is 135 cm³/mol. The van der Waals surface area contributed by atoms with Crippen LogP contribution in [0.2, 0.25) is 0 Å². The third-order valence-electron chi connectivity index (χ3n) is 6.09. The van der Waals surface area contributed by atoms with Crippen molar-refractivity contribution in [2.24, 2.45) is 0 Å². The van der Waals surface area contributed by atoms with E-state index in [-0.39, 0.29) is 36.8 Å². The highest BCUT2D eigenvalue weighted by atomic mass is 16.4. The van der Waals surface area contributed by atoms with Gasteiger partial charge in [0.25, 0.3) is 5.56 Å². The van der Waals surface area contributed by atoms with Crippen molar-refractivity contribution in [2.75, 3.05) is 6.54 Å². The largest absolute Gasteiger partial charge is 0.502 e. The van der Waals surface area contributed by atoms with Crippen LogP contribution in [0.4, 0.5) is 4.79 Å². The summed E-state index contributed by atoms with van der Waals surface area (Å²) in [7, 11) is 0. The number of pyridine rings is 1. The predicted octanol–water partition coefficient (Wildman–Crippen LogP) is 2.67. The molecule has 3 N–H and O–H groups in total. The molecule has 37 heavy (non-hydrogen) atoms. The van der Waals surface area contributed by atoms with Crippen LogP contribution in [0.25, 0.3) is 0 Å². The Balaban J connectivity index is 1.47. The highest BCUT2D eigenvalue weighted by Gasteiger charge is 2.39. The highest BCUT2D eigenvalue weighted by molar-refractivity contribution is 5.78. The summed E-state index contributed by atoms with van der Waals surface area (Å²) in [6.07, 6.45) is 3.25. The molecule has 3 heterocycles. The van der Waals surface area contributed by atoms with Gasteiger partial charge >= 0.3 is 12.0 Å². The molecule has 1 saturated heterocycles. The number of hydrogen-bond donors (Lipinski definition) is 3. The molecule has 190 valence electrons. The number of hydrogen-bond acceptors (Lipinski definition) is 6. The van der Waals surface area contributed by atoms with Crippen molar-refractivity contribution in [2.45, 2.75) is 45.3 Å². The molecule has 0 saturated carbocycles. The number of carbonyl (C=O) groups is 2. The number of aromatic hydroxyl groups is 1. The lowest BCUT2D eigenvalue weighted by molar-refractivity contribution is -0.136. The van der Waals surface area contributed by atoms with E-state index in [2.05, 4.69) is 26.8 Å². The van der Waals surface area contributed by atoms with Crippen LogP contribution in [0.5, 0.6) is 5.75 Å². The van der Waals surface area contributed by atoms with Crippen LogP contribution in [-0.4, -0.2) is 59.6 Å². The van der Waals surface area contributed by atoms with Crippen LogP contribution in [0.3, 0.4) is 0 Å². The molecule has 2 aromatic heterocycles. The molecule has 0 aliphatic carbocycles. The van der Waals surface area contributed by atoms with Gasteiger partial charge in [0.05, 0.1) is 25.3 Å². The van der Waals surface area contributed by atoms with E-state index in [1.54, 1.807) is 22.1 Å². The molecule has 1 aliphatic heterocycles. The van der Waals surface area contributed by atoms with Gasteiger partial charge in [-0.15, -0.1) is 0 Å². The van der Waals surface area contributed by atoms with Gasteiger partial charge < -0.3 is 25.0 Å². The number of carbonyl (C=O) groups excluding carboxylic acids is 1. The monoisotopic (exact) mass is 501 g/mol. The topological polar surface area (TPSA) is 140 Å². The zero-order chi connectivity index (χ0) is 26.5. The van der Waals surface area contributed by atoms with Crippen LogP contribution in [0, 0.1) is 11.8 Å². The fourth-order valence-electron chi connectivity index (χ4n) is 4.19. The third kappa shape index (κ3) is 5.95. The molecule has 4 rings (SSSR count). The number of nitrogens with one attached hydrogen (secondary N) is 1. The Hall–Kier alpha value is -4.65. The standard InChI is InChI=1S/C27H27N5O5/c1-17(2)32-23(15-31(27(32)37)14-22-25(35)26(36)30-16-29-22)20-8-5-18(6-9-20)3-4-19-7-10-21(28-13-19)11-12-24(33)34/h5-10,13,16-17,23,35H,11-12,14-15H2,1-2H3,(H,33,34)(H,29,30,36).